The molecule has 0 radical (unpaired) electrons. The molecule has 2 aromatic rings. The zero-order valence-electron chi connectivity index (χ0n) is 13.7. The number of nitrogens with one attached hydrogen (secondary N) is 1. The Bertz CT molecular complexity index is 584. The van der Waals surface area contributed by atoms with E-state index in [0.717, 1.165) is 36.8 Å². The summed E-state index contributed by atoms with van der Waals surface area (Å²) in [6.07, 6.45) is 1.06. The second-order valence-electron chi connectivity index (χ2n) is 5.79. The van der Waals surface area contributed by atoms with Crippen LogP contribution in [0.4, 0.5) is 5.69 Å². The van der Waals surface area contributed by atoms with E-state index in [-0.39, 0.29) is 0 Å². The maximum atomic E-state index is 5.84. The zero-order valence-corrected chi connectivity index (χ0v) is 14.5. The molecule has 2 rings (SSSR count). The molecule has 0 heterocycles. The molecule has 0 saturated heterocycles. The van der Waals surface area contributed by atoms with Gasteiger partial charge < -0.3 is 14.8 Å². The van der Waals surface area contributed by atoms with Gasteiger partial charge in [0.25, 0.3) is 0 Å². The fourth-order valence-corrected chi connectivity index (χ4v) is 2.13. The lowest BCUT2D eigenvalue weighted by atomic mass is 10.1. The second kappa shape index (κ2) is 9.31. The van der Waals surface area contributed by atoms with Crippen LogP contribution < -0.4 is 14.8 Å². The average Bonchev–Trinajstić information content (AvgIpc) is 2.53. The third-order valence-electron chi connectivity index (χ3n) is 3.31. The van der Waals surface area contributed by atoms with Crippen molar-refractivity contribution in [2.45, 2.75) is 20.3 Å². The summed E-state index contributed by atoms with van der Waals surface area (Å²) in [5.74, 6) is 2.37. The molecule has 4 heteroatoms. The summed E-state index contributed by atoms with van der Waals surface area (Å²) in [7, 11) is 0. The average molecular weight is 334 g/mol. The minimum Gasteiger partial charge on any atom is -0.494 e. The van der Waals surface area contributed by atoms with E-state index in [9.17, 15) is 0 Å². The van der Waals surface area contributed by atoms with Crippen molar-refractivity contribution in [3.8, 4) is 11.5 Å². The number of rotatable bonds is 9. The highest BCUT2D eigenvalue weighted by molar-refractivity contribution is 6.30. The van der Waals surface area contributed by atoms with E-state index in [2.05, 4.69) is 19.2 Å². The summed E-state index contributed by atoms with van der Waals surface area (Å²) in [5, 5.41) is 4.05. The highest BCUT2D eigenvalue weighted by Crippen LogP contribution is 2.18. The molecule has 0 unspecified atom stereocenters. The van der Waals surface area contributed by atoms with Crippen molar-refractivity contribution >= 4 is 17.3 Å². The lowest BCUT2D eigenvalue weighted by Gasteiger charge is -2.11. The third-order valence-corrected chi connectivity index (χ3v) is 3.56. The van der Waals surface area contributed by atoms with Gasteiger partial charge in [0.1, 0.15) is 18.1 Å². The lowest BCUT2D eigenvalue weighted by molar-refractivity contribution is 0.289. The Balaban J connectivity index is 1.71. The maximum absolute atomic E-state index is 5.84. The van der Waals surface area contributed by atoms with E-state index < -0.39 is 0 Å². The Morgan fingerprint density at radius 2 is 1.70 bits per heavy atom. The number of halogens is 1. The van der Waals surface area contributed by atoms with Gasteiger partial charge in [-0.15, -0.1) is 0 Å². The Kier molecular flexibility index (Phi) is 7.08. The normalized spacial score (nSPS) is 10.6. The molecule has 0 aliphatic rings. The lowest BCUT2D eigenvalue weighted by Crippen LogP contribution is -2.11. The monoisotopic (exact) mass is 333 g/mol. The number of hydrogen-bond acceptors (Lipinski definition) is 3. The molecule has 0 fully saturated rings. The van der Waals surface area contributed by atoms with Crippen molar-refractivity contribution in [2.75, 3.05) is 25.1 Å². The van der Waals surface area contributed by atoms with Crippen molar-refractivity contribution in [3.63, 3.8) is 0 Å². The molecule has 2 aromatic carbocycles. The molecule has 0 atom stereocenters. The van der Waals surface area contributed by atoms with Gasteiger partial charge in [0.2, 0.25) is 0 Å². The van der Waals surface area contributed by atoms with E-state index in [4.69, 9.17) is 21.1 Å². The molecule has 0 spiro atoms. The van der Waals surface area contributed by atoms with Gasteiger partial charge in [-0.3, -0.25) is 0 Å². The van der Waals surface area contributed by atoms with Crippen LogP contribution in [-0.4, -0.2) is 19.8 Å². The van der Waals surface area contributed by atoms with Gasteiger partial charge >= 0.3 is 0 Å². The Labute approximate surface area is 143 Å². The molecule has 1 N–H and O–H groups in total. The molecular formula is C19H24ClNO2. The smallest absolute Gasteiger partial charge is 0.121 e. The molecule has 0 aliphatic heterocycles. The van der Waals surface area contributed by atoms with Gasteiger partial charge in [-0.05, 0) is 48.7 Å². The van der Waals surface area contributed by atoms with Crippen LogP contribution in [0.2, 0.25) is 5.02 Å². The van der Waals surface area contributed by atoms with Gasteiger partial charge in [-0.2, -0.15) is 0 Å². The third kappa shape index (κ3) is 6.83. The summed E-state index contributed by atoms with van der Waals surface area (Å²) in [6, 6.07) is 15.4. The maximum Gasteiger partial charge on any atom is 0.121 e. The first-order valence-corrected chi connectivity index (χ1v) is 8.36. The fraction of sp³-hybridized carbons (Fsp3) is 0.368. The van der Waals surface area contributed by atoms with E-state index in [0.29, 0.717) is 17.5 Å². The zero-order chi connectivity index (χ0) is 16.5. The Hall–Kier alpha value is -1.87. The van der Waals surface area contributed by atoms with Crippen molar-refractivity contribution in [1.82, 2.24) is 0 Å². The van der Waals surface area contributed by atoms with E-state index in [1.54, 1.807) is 0 Å². The first-order chi connectivity index (χ1) is 11.1. The molecule has 3 nitrogen and oxygen atoms in total. The Morgan fingerprint density at radius 1 is 0.957 bits per heavy atom. The molecule has 0 saturated carbocycles. The number of hydrogen-bond donors (Lipinski definition) is 1. The number of benzene rings is 2. The van der Waals surface area contributed by atoms with E-state index in [1.165, 1.54) is 0 Å². The molecular weight excluding hydrogens is 310 g/mol. The number of anilines is 1. The highest BCUT2D eigenvalue weighted by atomic mass is 35.5. The molecule has 0 bridgehead atoms. The predicted octanol–water partition coefficient (Wildman–Crippen LogP) is 5.26. The van der Waals surface area contributed by atoms with Gasteiger partial charge in [-0.25, -0.2) is 0 Å². The fourth-order valence-electron chi connectivity index (χ4n) is 2.00. The summed E-state index contributed by atoms with van der Waals surface area (Å²) in [6.45, 7) is 6.45. The van der Waals surface area contributed by atoms with E-state index in [1.807, 2.05) is 48.5 Å². The summed E-state index contributed by atoms with van der Waals surface area (Å²) < 4.78 is 11.4. The molecule has 0 aromatic heterocycles. The van der Waals surface area contributed by atoms with Crippen LogP contribution in [0.1, 0.15) is 20.3 Å². The van der Waals surface area contributed by atoms with Crippen LogP contribution in [0, 0.1) is 5.92 Å². The van der Waals surface area contributed by atoms with Crippen LogP contribution in [0.25, 0.3) is 0 Å². The standard InChI is InChI=1S/C19H24ClNO2/c1-15(2)10-12-22-19-5-3-4-17(14-19)21-11-13-23-18-8-6-16(20)7-9-18/h3-9,14-15,21H,10-13H2,1-2H3. The largest absolute Gasteiger partial charge is 0.494 e. The summed E-state index contributed by atoms with van der Waals surface area (Å²) in [4.78, 5) is 0. The van der Waals surface area contributed by atoms with Crippen molar-refractivity contribution < 1.29 is 9.47 Å². The van der Waals surface area contributed by atoms with Crippen LogP contribution in [0.15, 0.2) is 48.5 Å². The van der Waals surface area contributed by atoms with Crippen LogP contribution >= 0.6 is 11.6 Å². The highest BCUT2D eigenvalue weighted by Gasteiger charge is 1.99. The second-order valence-corrected chi connectivity index (χ2v) is 6.22. The van der Waals surface area contributed by atoms with Crippen molar-refractivity contribution in [2.24, 2.45) is 5.92 Å². The predicted molar refractivity (Wildman–Crippen MR) is 96.8 cm³/mol. The van der Waals surface area contributed by atoms with Gasteiger partial charge in [0.05, 0.1) is 6.61 Å². The minimum absolute atomic E-state index is 0.583. The minimum atomic E-state index is 0.583. The number of ether oxygens (including phenoxy) is 2. The van der Waals surface area contributed by atoms with Crippen molar-refractivity contribution in [3.05, 3.63) is 53.6 Å². The molecule has 0 amide bonds. The molecule has 23 heavy (non-hydrogen) atoms. The van der Waals surface area contributed by atoms with Gasteiger partial charge in [-0.1, -0.05) is 31.5 Å². The quantitative estimate of drug-likeness (QED) is 0.635. The summed E-state index contributed by atoms with van der Waals surface area (Å²) >= 11 is 5.84. The topological polar surface area (TPSA) is 30.5 Å². The van der Waals surface area contributed by atoms with Crippen molar-refractivity contribution in [1.29, 1.82) is 0 Å². The van der Waals surface area contributed by atoms with E-state index >= 15 is 0 Å². The first kappa shape index (κ1) is 17.5. The SMILES string of the molecule is CC(C)CCOc1cccc(NCCOc2ccc(Cl)cc2)c1. The van der Waals surface area contributed by atoms with Gasteiger partial charge in [0, 0.05) is 23.3 Å². The molecule has 0 aliphatic carbocycles. The van der Waals surface area contributed by atoms with Crippen LogP contribution in [-0.2, 0) is 0 Å². The molecule has 124 valence electrons. The van der Waals surface area contributed by atoms with Crippen LogP contribution in [0.3, 0.4) is 0 Å². The summed E-state index contributed by atoms with van der Waals surface area (Å²) in [5.41, 5.74) is 1.03. The Morgan fingerprint density at radius 3 is 2.43 bits per heavy atom. The van der Waals surface area contributed by atoms with Gasteiger partial charge in [0.15, 0.2) is 0 Å². The first-order valence-electron chi connectivity index (χ1n) is 7.98. The van der Waals surface area contributed by atoms with Crippen LogP contribution in [0.5, 0.6) is 11.5 Å².